The molecule has 2 aromatic heterocycles. The Bertz CT molecular complexity index is 982. The molecule has 3 aromatic rings. The zero-order chi connectivity index (χ0) is 18.4. The number of aryl methyl sites for hydroxylation is 2. The molecule has 0 aliphatic carbocycles. The summed E-state index contributed by atoms with van der Waals surface area (Å²) < 4.78 is 28.0. The first-order valence-corrected chi connectivity index (χ1v) is 7.93. The molecule has 3 rings (SSSR count). The molecule has 0 aliphatic heterocycles. The van der Waals surface area contributed by atoms with Crippen molar-refractivity contribution in [2.24, 2.45) is 0 Å². The number of carbonyl (C=O) groups excluding carboxylic acids is 1. The van der Waals surface area contributed by atoms with Gasteiger partial charge in [-0.15, -0.1) is 0 Å². The summed E-state index contributed by atoms with van der Waals surface area (Å²) in [6, 6.07) is 7.47. The van der Waals surface area contributed by atoms with Crippen molar-refractivity contribution in [3.63, 3.8) is 0 Å². The van der Waals surface area contributed by atoms with E-state index in [-0.39, 0.29) is 11.3 Å². The molecule has 9 heteroatoms. The molecule has 1 N–H and O–H groups in total. The number of nitrogens with one attached hydrogen (secondary N) is 1. The maximum atomic E-state index is 13.6. The third kappa shape index (κ3) is 3.57. The fourth-order valence-electron chi connectivity index (χ4n) is 2.33. The fraction of sp³-hybridized carbons (Fsp3) is 0.188. The molecule has 0 saturated heterocycles. The van der Waals surface area contributed by atoms with Gasteiger partial charge in [-0.2, -0.15) is 13.9 Å². The maximum Gasteiger partial charge on any atom is 0.364 e. The maximum absolute atomic E-state index is 13.6. The Balaban J connectivity index is 2.02. The van der Waals surface area contributed by atoms with Crippen LogP contribution in [0.3, 0.4) is 0 Å². The highest BCUT2D eigenvalue weighted by molar-refractivity contribution is 6.31. The van der Waals surface area contributed by atoms with Crippen molar-refractivity contribution in [2.45, 2.75) is 19.2 Å². The highest BCUT2D eigenvalue weighted by atomic mass is 35.5. The van der Waals surface area contributed by atoms with Crippen LogP contribution in [0.25, 0.3) is 5.65 Å². The van der Waals surface area contributed by atoms with E-state index in [4.69, 9.17) is 23.2 Å². The van der Waals surface area contributed by atoms with Gasteiger partial charge < -0.3 is 5.32 Å². The third-order valence-corrected chi connectivity index (χ3v) is 3.95. The molecule has 0 atom stereocenters. The molecule has 0 fully saturated rings. The minimum atomic E-state index is -3.64. The molecule has 0 unspecified atom stereocenters. The standard InChI is InChI=1S/C16H12Cl2F2N4O/c1-8-3-4-10(17)6-11(8)22-15(25)12-7-14-21-9(2)5-13(16(18,19)20)24(14)23-12/h3-7H,1-2H3,(H,22,25). The Morgan fingerprint density at radius 2 is 1.96 bits per heavy atom. The van der Waals surface area contributed by atoms with Gasteiger partial charge in [0.05, 0.1) is 0 Å². The quantitative estimate of drug-likeness (QED) is 0.674. The lowest BCUT2D eigenvalue weighted by atomic mass is 10.2. The van der Waals surface area contributed by atoms with Crippen molar-refractivity contribution in [1.82, 2.24) is 14.6 Å². The second-order valence-corrected chi connectivity index (χ2v) is 6.40. The van der Waals surface area contributed by atoms with Gasteiger partial charge in [-0.25, -0.2) is 9.50 Å². The highest BCUT2D eigenvalue weighted by Gasteiger charge is 2.32. The van der Waals surface area contributed by atoms with Crippen LogP contribution in [0.15, 0.2) is 30.3 Å². The van der Waals surface area contributed by atoms with Crippen LogP contribution in [-0.4, -0.2) is 20.5 Å². The predicted octanol–water partition coefficient (Wildman–Crippen LogP) is 4.54. The topological polar surface area (TPSA) is 59.3 Å². The van der Waals surface area contributed by atoms with Gasteiger partial charge in [0.1, 0.15) is 5.69 Å². The summed E-state index contributed by atoms with van der Waals surface area (Å²) in [6.07, 6.45) is 0. The number of benzene rings is 1. The number of hydrogen-bond acceptors (Lipinski definition) is 3. The molecule has 0 aliphatic rings. The highest BCUT2D eigenvalue weighted by Crippen LogP contribution is 2.32. The molecule has 0 bridgehead atoms. The number of fused-ring (bicyclic) bond motifs is 1. The summed E-state index contributed by atoms with van der Waals surface area (Å²) in [6.45, 7) is 3.35. The Morgan fingerprint density at radius 1 is 1.24 bits per heavy atom. The number of anilines is 1. The van der Waals surface area contributed by atoms with E-state index in [0.717, 1.165) is 16.1 Å². The van der Waals surface area contributed by atoms with Gasteiger partial charge >= 0.3 is 5.38 Å². The van der Waals surface area contributed by atoms with E-state index in [0.29, 0.717) is 16.4 Å². The van der Waals surface area contributed by atoms with Crippen LogP contribution in [-0.2, 0) is 5.38 Å². The number of halogens is 4. The van der Waals surface area contributed by atoms with Crippen molar-refractivity contribution < 1.29 is 13.6 Å². The molecule has 5 nitrogen and oxygen atoms in total. The first kappa shape index (κ1) is 17.6. The lowest BCUT2D eigenvalue weighted by molar-refractivity contribution is 0.0868. The van der Waals surface area contributed by atoms with Crippen LogP contribution in [0.4, 0.5) is 14.5 Å². The Kier molecular flexibility index (Phi) is 4.38. The summed E-state index contributed by atoms with van der Waals surface area (Å²) in [7, 11) is 0. The zero-order valence-electron chi connectivity index (χ0n) is 13.1. The van der Waals surface area contributed by atoms with Gasteiger partial charge in [0.25, 0.3) is 5.91 Å². The second kappa shape index (κ2) is 6.24. The van der Waals surface area contributed by atoms with Gasteiger partial charge in [-0.3, -0.25) is 4.79 Å². The van der Waals surface area contributed by atoms with Crippen molar-refractivity contribution in [3.8, 4) is 0 Å². The van der Waals surface area contributed by atoms with E-state index in [1.54, 1.807) is 32.0 Å². The smallest absolute Gasteiger partial charge is 0.320 e. The number of alkyl halides is 3. The fourth-order valence-corrected chi connectivity index (χ4v) is 2.63. The minimum Gasteiger partial charge on any atom is -0.320 e. The van der Waals surface area contributed by atoms with E-state index >= 15 is 0 Å². The van der Waals surface area contributed by atoms with Crippen LogP contribution in [0.2, 0.25) is 5.02 Å². The molecule has 0 saturated carbocycles. The second-order valence-electron chi connectivity index (χ2n) is 5.49. The minimum absolute atomic E-state index is 0.0698. The molecule has 0 spiro atoms. The number of aromatic nitrogens is 3. The van der Waals surface area contributed by atoms with Gasteiger partial charge in [-0.05, 0) is 49.2 Å². The van der Waals surface area contributed by atoms with Gasteiger partial charge in [0.15, 0.2) is 11.3 Å². The van der Waals surface area contributed by atoms with Gasteiger partial charge in [0, 0.05) is 22.5 Å². The SMILES string of the molecule is Cc1cc(C(F)(F)Cl)n2nc(C(=O)Nc3cc(Cl)ccc3C)cc2n1. The van der Waals surface area contributed by atoms with Gasteiger partial charge in [0.2, 0.25) is 0 Å². The lowest BCUT2D eigenvalue weighted by Gasteiger charge is -2.10. The van der Waals surface area contributed by atoms with E-state index in [1.165, 1.54) is 6.07 Å². The van der Waals surface area contributed by atoms with Crippen molar-refractivity contribution in [3.05, 3.63) is 58.0 Å². The molecule has 1 aromatic carbocycles. The lowest BCUT2D eigenvalue weighted by Crippen LogP contribution is -2.15. The van der Waals surface area contributed by atoms with E-state index in [2.05, 4.69) is 15.4 Å². The first-order valence-electron chi connectivity index (χ1n) is 7.17. The number of nitrogens with zero attached hydrogens (tertiary/aromatic N) is 3. The summed E-state index contributed by atoms with van der Waals surface area (Å²) in [5.41, 5.74) is 1.10. The normalized spacial score (nSPS) is 11.8. The summed E-state index contributed by atoms with van der Waals surface area (Å²) in [5.74, 6) is -0.572. The van der Waals surface area contributed by atoms with Crippen molar-refractivity contribution in [1.29, 1.82) is 0 Å². The van der Waals surface area contributed by atoms with Crippen LogP contribution in [0.5, 0.6) is 0 Å². The van der Waals surface area contributed by atoms with E-state index in [1.807, 2.05) is 0 Å². The number of carbonyl (C=O) groups is 1. The van der Waals surface area contributed by atoms with Crippen LogP contribution in [0, 0.1) is 13.8 Å². The number of rotatable bonds is 3. The molecule has 25 heavy (non-hydrogen) atoms. The Morgan fingerprint density at radius 3 is 2.64 bits per heavy atom. The van der Waals surface area contributed by atoms with Crippen LogP contribution in [0.1, 0.15) is 27.4 Å². The molecular weight excluding hydrogens is 373 g/mol. The average molecular weight is 385 g/mol. The Labute approximate surface area is 151 Å². The molecule has 130 valence electrons. The zero-order valence-corrected chi connectivity index (χ0v) is 14.7. The molecule has 2 heterocycles. The summed E-state index contributed by atoms with van der Waals surface area (Å²) in [4.78, 5) is 16.5. The third-order valence-electron chi connectivity index (χ3n) is 3.53. The van der Waals surface area contributed by atoms with Crippen molar-refractivity contribution >= 4 is 40.4 Å². The van der Waals surface area contributed by atoms with Crippen LogP contribution >= 0.6 is 23.2 Å². The largest absolute Gasteiger partial charge is 0.364 e. The molecule has 1 amide bonds. The molecule has 0 radical (unpaired) electrons. The first-order chi connectivity index (χ1) is 11.6. The molecular formula is C16H12Cl2F2N4O. The van der Waals surface area contributed by atoms with Crippen molar-refractivity contribution in [2.75, 3.05) is 5.32 Å². The van der Waals surface area contributed by atoms with Gasteiger partial charge in [-0.1, -0.05) is 17.7 Å². The predicted molar refractivity (Wildman–Crippen MR) is 91.6 cm³/mol. The van der Waals surface area contributed by atoms with E-state index < -0.39 is 17.0 Å². The summed E-state index contributed by atoms with van der Waals surface area (Å²) >= 11 is 11.0. The monoisotopic (exact) mass is 384 g/mol. The average Bonchev–Trinajstić information content (AvgIpc) is 2.92. The number of amides is 1. The number of hydrogen-bond donors (Lipinski definition) is 1. The summed E-state index contributed by atoms with van der Waals surface area (Å²) in [5, 5.41) is 3.38. The van der Waals surface area contributed by atoms with Crippen LogP contribution < -0.4 is 5.32 Å². The Hall–Kier alpha value is -2.25. The van der Waals surface area contributed by atoms with E-state index in [9.17, 15) is 13.6 Å².